The lowest BCUT2D eigenvalue weighted by atomic mass is 10.1. The summed E-state index contributed by atoms with van der Waals surface area (Å²) in [6.07, 6.45) is 0.421. The van der Waals surface area contributed by atoms with Gasteiger partial charge in [-0.2, -0.15) is 0 Å². The molecule has 1 aromatic carbocycles. The Morgan fingerprint density at radius 3 is 2.13 bits per heavy atom. The summed E-state index contributed by atoms with van der Waals surface area (Å²) in [4.78, 5) is 25.6. The molecule has 5 heteroatoms. The normalized spacial score (nSPS) is 10.6. The fourth-order valence-corrected chi connectivity index (χ4v) is 2.66. The molecule has 1 amide bonds. The van der Waals surface area contributed by atoms with E-state index in [0.717, 1.165) is 16.8 Å². The molecular formula is C18H21NO4. The molecule has 0 saturated heterocycles. The number of benzene rings is 1. The second-order valence-electron chi connectivity index (χ2n) is 5.50. The molecule has 5 nitrogen and oxygen atoms in total. The third-order valence-electron chi connectivity index (χ3n) is 3.65. The molecule has 2 aromatic rings. The standard InChI is InChI=1S/C18H21NO4/c1-5-15-14(18(21)22)10-16(23-15)17(20)19(6-2)13-8-11(3)7-12(4)9-13/h7-10H,5-6H2,1-4H3,(H,21,22). The summed E-state index contributed by atoms with van der Waals surface area (Å²) in [7, 11) is 0. The van der Waals surface area contributed by atoms with Crippen LogP contribution >= 0.6 is 0 Å². The zero-order chi connectivity index (χ0) is 17.1. The number of aryl methyl sites for hydroxylation is 3. The van der Waals surface area contributed by atoms with Crippen LogP contribution < -0.4 is 4.90 Å². The van der Waals surface area contributed by atoms with Gasteiger partial charge in [0.25, 0.3) is 5.91 Å². The number of anilines is 1. The van der Waals surface area contributed by atoms with Crippen molar-refractivity contribution < 1.29 is 19.1 Å². The van der Waals surface area contributed by atoms with Crippen molar-refractivity contribution in [3.63, 3.8) is 0 Å². The van der Waals surface area contributed by atoms with Crippen molar-refractivity contribution in [1.29, 1.82) is 0 Å². The summed E-state index contributed by atoms with van der Waals surface area (Å²) in [5.74, 6) is -1.05. The highest BCUT2D eigenvalue weighted by atomic mass is 16.4. The topological polar surface area (TPSA) is 70.8 Å². The van der Waals surface area contributed by atoms with Crippen molar-refractivity contribution in [2.24, 2.45) is 0 Å². The first-order chi connectivity index (χ1) is 10.9. The molecule has 0 aliphatic carbocycles. The Bertz CT molecular complexity index is 725. The van der Waals surface area contributed by atoms with Crippen molar-refractivity contribution in [2.75, 3.05) is 11.4 Å². The average molecular weight is 315 g/mol. The molecule has 122 valence electrons. The van der Waals surface area contributed by atoms with Crippen LogP contribution in [0.2, 0.25) is 0 Å². The maximum Gasteiger partial charge on any atom is 0.339 e. The average Bonchev–Trinajstić information content (AvgIpc) is 2.91. The zero-order valence-electron chi connectivity index (χ0n) is 13.8. The lowest BCUT2D eigenvalue weighted by Crippen LogP contribution is -2.30. The number of amides is 1. The minimum Gasteiger partial charge on any atom is -0.478 e. The largest absolute Gasteiger partial charge is 0.478 e. The second kappa shape index (κ2) is 6.69. The van der Waals surface area contributed by atoms with E-state index in [9.17, 15) is 14.7 Å². The molecule has 0 aliphatic rings. The molecule has 23 heavy (non-hydrogen) atoms. The lowest BCUT2D eigenvalue weighted by molar-refractivity contribution is 0.0694. The van der Waals surface area contributed by atoms with Gasteiger partial charge in [0.1, 0.15) is 11.3 Å². The van der Waals surface area contributed by atoms with Crippen LogP contribution in [0.3, 0.4) is 0 Å². The van der Waals surface area contributed by atoms with Crippen molar-refractivity contribution in [1.82, 2.24) is 0 Å². The quantitative estimate of drug-likeness (QED) is 0.910. The lowest BCUT2D eigenvalue weighted by Gasteiger charge is -2.21. The smallest absolute Gasteiger partial charge is 0.339 e. The molecule has 0 saturated carbocycles. The number of carbonyl (C=O) groups excluding carboxylic acids is 1. The third-order valence-corrected chi connectivity index (χ3v) is 3.65. The van der Waals surface area contributed by atoms with E-state index >= 15 is 0 Å². The Labute approximate surface area is 135 Å². The monoisotopic (exact) mass is 315 g/mol. The van der Waals surface area contributed by atoms with Gasteiger partial charge < -0.3 is 14.4 Å². The highest BCUT2D eigenvalue weighted by Crippen LogP contribution is 2.23. The first kappa shape index (κ1) is 16.8. The fourth-order valence-electron chi connectivity index (χ4n) is 2.66. The molecule has 2 rings (SSSR count). The van der Waals surface area contributed by atoms with Gasteiger partial charge in [0, 0.05) is 24.7 Å². The van der Waals surface area contributed by atoms with E-state index in [2.05, 4.69) is 0 Å². The van der Waals surface area contributed by atoms with E-state index < -0.39 is 5.97 Å². The van der Waals surface area contributed by atoms with Gasteiger partial charge in [0.2, 0.25) is 0 Å². The summed E-state index contributed by atoms with van der Waals surface area (Å²) in [6, 6.07) is 7.20. The van der Waals surface area contributed by atoms with E-state index in [4.69, 9.17) is 4.42 Å². The first-order valence-electron chi connectivity index (χ1n) is 7.63. The third kappa shape index (κ3) is 3.44. The highest BCUT2D eigenvalue weighted by molar-refractivity contribution is 6.05. The Morgan fingerprint density at radius 2 is 1.70 bits per heavy atom. The number of carboxylic acids is 1. The van der Waals surface area contributed by atoms with Gasteiger partial charge in [-0.25, -0.2) is 4.79 Å². The highest BCUT2D eigenvalue weighted by Gasteiger charge is 2.24. The maximum atomic E-state index is 12.7. The van der Waals surface area contributed by atoms with Gasteiger partial charge in [0.15, 0.2) is 5.76 Å². The Hall–Kier alpha value is -2.56. The summed E-state index contributed by atoms with van der Waals surface area (Å²) in [5.41, 5.74) is 2.95. The van der Waals surface area contributed by atoms with Gasteiger partial charge in [-0.15, -0.1) is 0 Å². The number of hydrogen-bond acceptors (Lipinski definition) is 3. The van der Waals surface area contributed by atoms with Crippen LogP contribution in [0.5, 0.6) is 0 Å². The molecule has 0 radical (unpaired) electrons. The van der Waals surface area contributed by atoms with Gasteiger partial charge in [-0.3, -0.25) is 4.79 Å². The molecule has 0 aliphatic heterocycles. The van der Waals surface area contributed by atoms with Crippen LogP contribution in [0, 0.1) is 13.8 Å². The number of carboxylic acid groups (broad SMARTS) is 1. The van der Waals surface area contributed by atoms with Gasteiger partial charge >= 0.3 is 5.97 Å². The van der Waals surface area contributed by atoms with Gasteiger partial charge in [-0.1, -0.05) is 13.0 Å². The number of hydrogen-bond donors (Lipinski definition) is 1. The minimum atomic E-state index is -1.08. The molecule has 1 aromatic heterocycles. The molecular weight excluding hydrogens is 294 g/mol. The molecule has 0 spiro atoms. The van der Waals surface area contributed by atoms with Crippen molar-refractivity contribution in [2.45, 2.75) is 34.1 Å². The summed E-state index contributed by atoms with van der Waals surface area (Å²) in [6.45, 7) is 8.07. The van der Waals surface area contributed by atoms with Gasteiger partial charge in [-0.05, 0) is 44.0 Å². The Kier molecular flexibility index (Phi) is 4.89. The molecule has 0 bridgehead atoms. The zero-order valence-corrected chi connectivity index (χ0v) is 13.8. The number of nitrogens with zero attached hydrogens (tertiary/aromatic N) is 1. The minimum absolute atomic E-state index is 0.0484. The first-order valence-corrected chi connectivity index (χ1v) is 7.63. The molecule has 0 atom stereocenters. The van der Waals surface area contributed by atoms with Crippen LogP contribution in [0.15, 0.2) is 28.7 Å². The second-order valence-corrected chi connectivity index (χ2v) is 5.50. The number of carbonyl (C=O) groups is 2. The van der Waals surface area contributed by atoms with E-state index in [1.807, 2.05) is 39.0 Å². The van der Waals surface area contributed by atoms with E-state index in [1.165, 1.54) is 6.07 Å². The SMILES string of the molecule is CCc1oc(C(=O)N(CC)c2cc(C)cc(C)c2)cc1C(=O)O. The van der Waals surface area contributed by atoms with Crippen molar-refractivity contribution in [3.8, 4) is 0 Å². The number of rotatable bonds is 5. The maximum absolute atomic E-state index is 12.7. The number of aromatic carboxylic acids is 1. The fraction of sp³-hybridized carbons (Fsp3) is 0.333. The summed E-state index contributed by atoms with van der Waals surface area (Å²) < 4.78 is 5.48. The molecule has 1 heterocycles. The predicted octanol–water partition coefficient (Wildman–Crippen LogP) is 3.82. The van der Waals surface area contributed by atoms with Crippen molar-refractivity contribution in [3.05, 3.63) is 52.5 Å². The van der Waals surface area contributed by atoms with Crippen molar-refractivity contribution >= 4 is 17.6 Å². The Balaban J connectivity index is 2.42. The van der Waals surface area contributed by atoms with E-state index in [0.29, 0.717) is 18.7 Å². The molecule has 1 N–H and O–H groups in total. The van der Waals surface area contributed by atoms with Gasteiger partial charge in [0.05, 0.1) is 0 Å². The van der Waals surface area contributed by atoms with Crippen LogP contribution in [0.4, 0.5) is 5.69 Å². The van der Waals surface area contributed by atoms with Crippen LogP contribution in [-0.4, -0.2) is 23.5 Å². The van der Waals surface area contributed by atoms with Crippen LogP contribution in [0.25, 0.3) is 0 Å². The number of furan rings is 1. The van der Waals surface area contributed by atoms with E-state index in [-0.39, 0.29) is 17.2 Å². The molecule has 0 unspecified atom stereocenters. The van der Waals surface area contributed by atoms with E-state index in [1.54, 1.807) is 11.8 Å². The summed E-state index contributed by atoms with van der Waals surface area (Å²) in [5, 5.41) is 9.19. The van der Waals surface area contributed by atoms with Crippen LogP contribution in [0.1, 0.15) is 51.6 Å². The predicted molar refractivity (Wildman–Crippen MR) is 88.3 cm³/mol. The Morgan fingerprint density at radius 1 is 1.09 bits per heavy atom. The molecule has 0 fully saturated rings. The summed E-state index contributed by atoms with van der Waals surface area (Å²) >= 11 is 0. The van der Waals surface area contributed by atoms with Crippen LogP contribution in [-0.2, 0) is 6.42 Å².